The van der Waals surface area contributed by atoms with E-state index in [0.717, 1.165) is 0 Å². The molecule has 0 spiro atoms. The highest BCUT2D eigenvalue weighted by atomic mass is 28.4. The van der Waals surface area contributed by atoms with E-state index in [1.54, 1.807) is 6.26 Å². The minimum Gasteiger partial charge on any atom is -0.492 e. The zero-order valence-electron chi connectivity index (χ0n) is 18.2. The summed E-state index contributed by atoms with van der Waals surface area (Å²) < 4.78 is 24.1. The van der Waals surface area contributed by atoms with Crippen molar-refractivity contribution in [2.45, 2.75) is 96.1 Å². The van der Waals surface area contributed by atoms with E-state index in [-0.39, 0.29) is 35.0 Å². The summed E-state index contributed by atoms with van der Waals surface area (Å²) in [6.45, 7) is 22.8. The SMILES string of the molecule is CC(C)(C)[Si](C)(C)O[C@H]1[C@H](O[Si](C)(C)C(C)(C)C)C=CO[C@@H]1COC=O. The van der Waals surface area contributed by atoms with Crippen LogP contribution in [0, 0.1) is 0 Å². The Bertz CT molecular complexity index is 503. The lowest BCUT2D eigenvalue weighted by molar-refractivity contribution is -0.136. The zero-order valence-corrected chi connectivity index (χ0v) is 20.2. The molecular weight excluding hydrogens is 364 g/mol. The van der Waals surface area contributed by atoms with Gasteiger partial charge in [-0.25, -0.2) is 0 Å². The van der Waals surface area contributed by atoms with Crippen LogP contribution < -0.4 is 0 Å². The summed E-state index contributed by atoms with van der Waals surface area (Å²) in [5.74, 6) is 0. The van der Waals surface area contributed by atoms with Gasteiger partial charge in [-0.3, -0.25) is 4.79 Å². The van der Waals surface area contributed by atoms with Crippen molar-refractivity contribution < 1.29 is 23.1 Å². The molecule has 7 heteroatoms. The molecule has 0 aromatic carbocycles. The average Bonchev–Trinajstić information content (AvgIpc) is 2.44. The van der Waals surface area contributed by atoms with Crippen LogP contribution in [0.3, 0.4) is 0 Å². The van der Waals surface area contributed by atoms with E-state index in [1.165, 1.54) is 0 Å². The van der Waals surface area contributed by atoms with Crippen molar-refractivity contribution >= 4 is 23.1 Å². The molecular formula is C19H38O5Si2. The summed E-state index contributed by atoms with van der Waals surface area (Å²) in [6.07, 6.45) is 2.72. The second-order valence-corrected chi connectivity index (χ2v) is 19.6. The van der Waals surface area contributed by atoms with Crippen LogP contribution in [-0.2, 0) is 23.1 Å². The molecule has 1 heterocycles. The Balaban J connectivity index is 3.14. The normalized spacial score (nSPS) is 24.9. The van der Waals surface area contributed by atoms with E-state index < -0.39 is 16.6 Å². The third kappa shape index (κ3) is 5.68. The van der Waals surface area contributed by atoms with Gasteiger partial charge in [0.1, 0.15) is 12.7 Å². The predicted molar refractivity (Wildman–Crippen MR) is 110 cm³/mol. The Morgan fingerprint density at radius 1 is 0.962 bits per heavy atom. The molecule has 152 valence electrons. The van der Waals surface area contributed by atoms with Gasteiger partial charge in [0.05, 0.1) is 12.4 Å². The summed E-state index contributed by atoms with van der Waals surface area (Å²) in [5, 5.41) is 0.154. The smallest absolute Gasteiger partial charge is 0.293 e. The molecule has 0 aliphatic carbocycles. The first-order valence-corrected chi connectivity index (χ1v) is 15.2. The zero-order chi connectivity index (χ0) is 20.4. The van der Waals surface area contributed by atoms with Crippen molar-refractivity contribution in [3.05, 3.63) is 12.3 Å². The van der Waals surface area contributed by atoms with Crippen LogP contribution in [0.15, 0.2) is 12.3 Å². The first-order valence-electron chi connectivity index (χ1n) is 9.35. The lowest BCUT2D eigenvalue weighted by atomic mass is 10.1. The van der Waals surface area contributed by atoms with Crippen LogP contribution in [0.2, 0.25) is 36.3 Å². The van der Waals surface area contributed by atoms with E-state index in [0.29, 0.717) is 6.47 Å². The maximum Gasteiger partial charge on any atom is 0.293 e. The van der Waals surface area contributed by atoms with Gasteiger partial charge in [0.15, 0.2) is 22.7 Å². The van der Waals surface area contributed by atoms with Crippen LogP contribution in [0.1, 0.15) is 41.5 Å². The van der Waals surface area contributed by atoms with Gasteiger partial charge < -0.3 is 18.3 Å². The molecule has 0 fully saturated rings. The summed E-state index contributed by atoms with van der Waals surface area (Å²) in [4.78, 5) is 10.7. The van der Waals surface area contributed by atoms with Gasteiger partial charge in [0, 0.05) is 0 Å². The highest BCUT2D eigenvalue weighted by Crippen LogP contribution is 2.41. The average molecular weight is 403 g/mol. The third-order valence-corrected chi connectivity index (χ3v) is 15.0. The van der Waals surface area contributed by atoms with Crippen molar-refractivity contribution in [3.8, 4) is 0 Å². The number of hydrogen-bond donors (Lipinski definition) is 0. The Hall–Kier alpha value is -0.636. The van der Waals surface area contributed by atoms with Gasteiger partial charge in [-0.2, -0.15) is 0 Å². The number of carbonyl (C=O) groups excluding carboxylic acids is 1. The maximum atomic E-state index is 10.7. The number of hydrogen-bond acceptors (Lipinski definition) is 5. The Kier molecular flexibility index (Phi) is 7.35. The molecule has 0 radical (unpaired) electrons. The van der Waals surface area contributed by atoms with E-state index in [2.05, 4.69) is 67.7 Å². The van der Waals surface area contributed by atoms with Crippen LogP contribution in [0.25, 0.3) is 0 Å². The fourth-order valence-corrected chi connectivity index (χ4v) is 4.74. The van der Waals surface area contributed by atoms with Gasteiger partial charge in [-0.05, 0) is 42.3 Å². The minimum absolute atomic E-state index is 0.0613. The largest absolute Gasteiger partial charge is 0.492 e. The monoisotopic (exact) mass is 402 g/mol. The second kappa shape index (κ2) is 8.16. The van der Waals surface area contributed by atoms with Gasteiger partial charge in [-0.15, -0.1) is 0 Å². The molecule has 0 N–H and O–H groups in total. The van der Waals surface area contributed by atoms with Crippen molar-refractivity contribution in [2.24, 2.45) is 0 Å². The minimum atomic E-state index is -2.06. The summed E-state index contributed by atoms with van der Waals surface area (Å²) in [6, 6.07) is 0. The molecule has 5 nitrogen and oxygen atoms in total. The van der Waals surface area contributed by atoms with Gasteiger partial charge in [0.25, 0.3) is 6.47 Å². The second-order valence-electron chi connectivity index (χ2n) is 10.1. The van der Waals surface area contributed by atoms with E-state index >= 15 is 0 Å². The topological polar surface area (TPSA) is 54.0 Å². The number of rotatable bonds is 7. The Labute approximate surface area is 161 Å². The summed E-state index contributed by atoms with van der Waals surface area (Å²) >= 11 is 0. The van der Waals surface area contributed by atoms with Crippen LogP contribution in [0.4, 0.5) is 0 Å². The maximum absolute atomic E-state index is 10.7. The van der Waals surface area contributed by atoms with E-state index in [1.807, 2.05) is 6.08 Å². The first kappa shape index (κ1) is 23.4. The molecule has 0 aromatic heterocycles. The molecule has 1 aliphatic rings. The predicted octanol–water partition coefficient (Wildman–Crippen LogP) is 4.85. The molecule has 26 heavy (non-hydrogen) atoms. The van der Waals surface area contributed by atoms with Crippen molar-refractivity contribution in [2.75, 3.05) is 6.61 Å². The molecule has 0 unspecified atom stereocenters. The van der Waals surface area contributed by atoms with Gasteiger partial charge in [-0.1, -0.05) is 41.5 Å². The van der Waals surface area contributed by atoms with E-state index in [9.17, 15) is 4.79 Å². The molecule has 0 bridgehead atoms. The van der Waals surface area contributed by atoms with Crippen LogP contribution in [0.5, 0.6) is 0 Å². The number of carbonyl (C=O) groups is 1. The molecule has 0 aromatic rings. The fourth-order valence-electron chi connectivity index (χ4n) is 2.17. The van der Waals surface area contributed by atoms with Crippen molar-refractivity contribution in [3.63, 3.8) is 0 Å². The highest BCUT2D eigenvalue weighted by Gasteiger charge is 2.47. The third-order valence-electron chi connectivity index (χ3n) is 6.01. The fraction of sp³-hybridized carbons (Fsp3) is 0.842. The first-order chi connectivity index (χ1) is 11.6. The molecule has 1 rings (SSSR count). The van der Waals surface area contributed by atoms with Crippen molar-refractivity contribution in [1.29, 1.82) is 0 Å². The number of ether oxygens (including phenoxy) is 2. The Morgan fingerprint density at radius 2 is 1.46 bits per heavy atom. The molecule has 1 aliphatic heterocycles. The lowest BCUT2D eigenvalue weighted by Gasteiger charge is -2.47. The highest BCUT2D eigenvalue weighted by molar-refractivity contribution is 6.74. The van der Waals surface area contributed by atoms with Crippen molar-refractivity contribution in [1.82, 2.24) is 0 Å². The van der Waals surface area contributed by atoms with Crippen LogP contribution >= 0.6 is 0 Å². The molecule has 0 amide bonds. The van der Waals surface area contributed by atoms with Gasteiger partial charge in [0.2, 0.25) is 0 Å². The Morgan fingerprint density at radius 3 is 1.92 bits per heavy atom. The summed E-state index contributed by atoms with van der Waals surface area (Å²) in [7, 11) is -4.06. The van der Waals surface area contributed by atoms with Gasteiger partial charge >= 0.3 is 0 Å². The summed E-state index contributed by atoms with van der Waals surface area (Å²) in [5.41, 5.74) is 0. The molecule has 3 atom stereocenters. The molecule has 0 saturated carbocycles. The quantitative estimate of drug-likeness (QED) is 0.450. The van der Waals surface area contributed by atoms with Crippen LogP contribution in [-0.4, -0.2) is 48.0 Å². The van der Waals surface area contributed by atoms with E-state index in [4.69, 9.17) is 18.3 Å². The lowest BCUT2D eigenvalue weighted by Crippen LogP contribution is -2.57. The standard InChI is InChI=1S/C19H38O5Si2/c1-18(2,3)25(7,8)23-15-11-12-22-16(13-21-14-20)17(15)24-26(9,10)19(4,5)6/h11-12,14-17H,13H2,1-10H3/t15-,16-,17+/m1/s1. The molecule has 0 saturated heterocycles.